The Morgan fingerprint density at radius 1 is 0.967 bits per heavy atom. The first-order valence-corrected chi connectivity index (χ1v) is 11.2. The third-order valence-corrected chi connectivity index (χ3v) is 5.11. The molecule has 0 saturated carbocycles. The highest BCUT2D eigenvalue weighted by atomic mass is 32.2. The Morgan fingerprint density at radius 3 is 2.10 bits per heavy atom. The van der Waals surface area contributed by atoms with Gasteiger partial charge in [-0.15, -0.1) is 0 Å². The number of nitrogens with one attached hydrogen (secondary N) is 1. The molecule has 1 atom stereocenters. The van der Waals surface area contributed by atoms with Crippen molar-refractivity contribution in [1.29, 1.82) is 0 Å². The van der Waals surface area contributed by atoms with Gasteiger partial charge in [0.05, 0.1) is 18.8 Å². The molecule has 0 heterocycles. The molecule has 0 aromatic heterocycles. The van der Waals surface area contributed by atoms with E-state index in [4.69, 9.17) is 13.7 Å². The first-order chi connectivity index (χ1) is 14.1. The summed E-state index contributed by atoms with van der Waals surface area (Å²) in [4.78, 5) is 12.0. The van der Waals surface area contributed by atoms with Crippen LogP contribution in [0.2, 0.25) is 0 Å². The number of amides is 1. The van der Waals surface area contributed by atoms with Gasteiger partial charge in [-0.2, -0.15) is 8.42 Å². The lowest BCUT2D eigenvalue weighted by Gasteiger charge is -2.24. The molecule has 0 fully saturated rings. The van der Waals surface area contributed by atoms with Gasteiger partial charge in [0.1, 0.15) is 18.5 Å². The second-order valence-electron chi connectivity index (χ2n) is 7.77. The van der Waals surface area contributed by atoms with E-state index in [2.05, 4.69) is 5.32 Å². The number of alkyl carbamates (subject to hydrolysis) is 1. The van der Waals surface area contributed by atoms with Gasteiger partial charge in [-0.05, 0) is 31.9 Å². The van der Waals surface area contributed by atoms with Crippen molar-refractivity contribution >= 4 is 16.2 Å². The summed E-state index contributed by atoms with van der Waals surface area (Å²) >= 11 is 0. The number of hydrogen-bond donors (Lipinski definition) is 1. The molecule has 7 nitrogen and oxygen atoms in total. The molecule has 8 heteroatoms. The summed E-state index contributed by atoms with van der Waals surface area (Å²) in [5.74, 6) is -0.266. The molecule has 1 unspecified atom stereocenters. The number of rotatable bonds is 10. The third kappa shape index (κ3) is 9.87. The van der Waals surface area contributed by atoms with E-state index in [9.17, 15) is 13.2 Å². The summed E-state index contributed by atoms with van der Waals surface area (Å²) < 4.78 is 41.1. The molecule has 164 valence electrons. The molecule has 0 aliphatic rings. The van der Waals surface area contributed by atoms with Crippen LogP contribution in [0.5, 0.6) is 0 Å². The van der Waals surface area contributed by atoms with E-state index in [-0.39, 0.29) is 25.5 Å². The van der Waals surface area contributed by atoms with E-state index in [1.54, 1.807) is 24.3 Å². The maximum absolute atomic E-state index is 12.5. The molecule has 0 spiro atoms. The van der Waals surface area contributed by atoms with Crippen molar-refractivity contribution in [2.75, 3.05) is 13.2 Å². The Labute approximate surface area is 178 Å². The Kier molecular flexibility index (Phi) is 8.83. The number of ether oxygens (including phenoxy) is 2. The molecule has 2 aromatic rings. The van der Waals surface area contributed by atoms with Gasteiger partial charge in [-0.25, -0.2) is 4.79 Å². The smallest absolute Gasteiger partial charge is 0.407 e. The fourth-order valence-corrected chi connectivity index (χ4v) is 3.66. The van der Waals surface area contributed by atoms with Crippen LogP contribution in [-0.2, 0) is 36.1 Å². The fourth-order valence-electron chi connectivity index (χ4n) is 2.45. The van der Waals surface area contributed by atoms with Crippen molar-refractivity contribution in [3.63, 3.8) is 0 Å². The Balaban J connectivity index is 1.92. The highest BCUT2D eigenvalue weighted by Gasteiger charge is 2.23. The second kappa shape index (κ2) is 11.1. The molecule has 0 bridgehead atoms. The van der Waals surface area contributed by atoms with Gasteiger partial charge in [0.25, 0.3) is 10.1 Å². The topological polar surface area (TPSA) is 90.9 Å². The van der Waals surface area contributed by atoms with Crippen LogP contribution in [0.1, 0.15) is 31.9 Å². The molecule has 0 radical (unpaired) electrons. The van der Waals surface area contributed by atoms with Crippen LogP contribution in [0.15, 0.2) is 60.7 Å². The molecule has 0 saturated heterocycles. The van der Waals surface area contributed by atoms with Crippen LogP contribution < -0.4 is 5.32 Å². The standard InChI is InChI=1S/C22H29NO6S/c1-22(2,3)28-16-20(29-30(25,26)17-19-12-8-5-9-13-19)14-23-21(24)27-15-18-10-6-4-7-11-18/h4-13,20H,14-17H2,1-3H3,(H,23,24). The molecule has 1 amide bonds. The maximum atomic E-state index is 12.5. The largest absolute Gasteiger partial charge is 0.445 e. The van der Waals surface area contributed by atoms with Crippen molar-refractivity contribution in [2.45, 2.75) is 44.8 Å². The van der Waals surface area contributed by atoms with Gasteiger partial charge in [0.2, 0.25) is 0 Å². The van der Waals surface area contributed by atoms with Crippen molar-refractivity contribution in [3.8, 4) is 0 Å². The minimum Gasteiger partial charge on any atom is -0.445 e. The average Bonchev–Trinajstić information content (AvgIpc) is 2.69. The summed E-state index contributed by atoms with van der Waals surface area (Å²) in [6.45, 7) is 5.59. The van der Waals surface area contributed by atoms with Crippen LogP contribution in [0, 0.1) is 0 Å². The van der Waals surface area contributed by atoms with Gasteiger partial charge in [-0.3, -0.25) is 4.18 Å². The predicted octanol–water partition coefficient (Wildman–Crippen LogP) is 3.64. The summed E-state index contributed by atoms with van der Waals surface area (Å²) in [6, 6.07) is 18.0. The number of benzene rings is 2. The van der Waals surface area contributed by atoms with Gasteiger partial charge in [0, 0.05) is 0 Å². The number of hydrogen-bond acceptors (Lipinski definition) is 6. The highest BCUT2D eigenvalue weighted by molar-refractivity contribution is 7.85. The lowest BCUT2D eigenvalue weighted by atomic mass is 10.2. The molecule has 0 aliphatic carbocycles. The number of carbonyl (C=O) groups excluding carboxylic acids is 1. The van der Waals surface area contributed by atoms with Crippen LogP contribution in [0.3, 0.4) is 0 Å². The third-order valence-electron chi connectivity index (χ3n) is 3.86. The van der Waals surface area contributed by atoms with E-state index in [0.29, 0.717) is 5.56 Å². The Morgan fingerprint density at radius 2 is 1.53 bits per heavy atom. The van der Waals surface area contributed by atoms with Crippen LogP contribution >= 0.6 is 0 Å². The van der Waals surface area contributed by atoms with E-state index >= 15 is 0 Å². The molecule has 1 N–H and O–H groups in total. The molecular weight excluding hydrogens is 406 g/mol. The van der Waals surface area contributed by atoms with E-state index in [1.165, 1.54) is 0 Å². The van der Waals surface area contributed by atoms with Gasteiger partial charge < -0.3 is 14.8 Å². The Hall–Kier alpha value is -2.42. The molecule has 2 aromatic carbocycles. The van der Waals surface area contributed by atoms with E-state index < -0.39 is 27.9 Å². The van der Waals surface area contributed by atoms with Gasteiger partial charge in [0.15, 0.2) is 0 Å². The minimum atomic E-state index is -3.88. The van der Waals surface area contributed by atoms with Gasteiger partial charge in [-0.1, -0.05) is 60.7 Å². The van der Waals surface area contributed by atoms with E-state index in [1.807, 2.05) is 57.2 Å². The lowest BCUT2D eigenvalue weighted by Crippen LogP contribution is -2.39. The SMILES string of the molecule is CC(C)(C)OCC(CNC(=O)OCc1ccccc1)OS(=O)(=O)Cc1ccccc1. The van der Waals surface area contributed by atoms with E-state index in [0.717, 1.165) is 5.56 Å². The van der Waals surface area contributed by atoms with Crippen molar-refractivity contribution in [1.82, 2.24) is 5.32 Å². The zero-order chi connectivity index (χ0) is 22.0. The molecule has 0 aliphatic heterocycles. The zero-order valence-electron chi connectivity index (χ0n) is 17.5. The van der Waals surface area contributed by atoms with Crippen LogP contribution in [0.25, 0.3) is 0 Å². The predicted molar refractivity (Wildman–Crippen MR) is 114 cm³/mol. The zero-order valence-corrected chi connectivity index (χ0v) is 18.4. The first kappa shape index (κ1) is 23.9. The summed E-state index contributed by atoms with van der Waals surface area (Å²) in [7, 11) is -3.88. The van der Waals surface area contributed by atoms with Gasteiger partial charge >= 0.3 is 6.09 Å². The summed E-state index contributed by atoms with van der Waals surface area (Å²) in [5.41, 5.74) is 0.976. The maximum Gasteiger partial charge on any atom is 0.407 e. The first-order valence-electron chi connectivity index (χ1n) is 9.66. The molecule has 30 heavy (non-hydrogen) atoms. The highest BCUT2D eigenvalue weighted by Crippen LogP contribution is 2.13. The molecule has 2 rings (SSSR count). The van der Waals surface area contributed by atoms with Crippen molar-refractivity contribution < 1.29 is 26.9 Å². The lowest BCUT2D eigenvalue weighted by molar-refractivity contribution is -0.0398. The Bertz CT molecular complexity index is 879. The normalized spacial score (nSPS) is 12.9. The monoisotopic (exact) mass is 435 g/mol. The molecular formula is C22H29NO6S. The average molecular weight is 436 g/mol. The van der Waals surface area contributed by atoms with Crippen LogP contribution in [-0.4, -0.2) is 39.4 Å². The quantitative estimate of drug-likeness (QED) is 0.573. The van der Waals surface area contributed by atoms with Crippen LogP contribution in [0.4, 0.5) is 4.79 Å². The number of carbonyl (C=O) groups is 1. The van der Waals surface area contributed by atoms with Crippen molar-refractivity contribution in [3.05, 3.63) is 71.8 Å². The van der Waals surface area contributed by atoms with Crippen molar-refractivity contribution in [2.24, 2.45) is 0 Å². The summed E-state index contributed by atoms with van der Waals surface area (Å²) in [5, 5.41) is 2.55. The second-order valence-corrected chi connectivity index (χ2v) is 9.37. The summed E-state index contributed by atoms with van der Waals surface area (Å²) in [6.07, 6.45) is -1.55. The minimum absolute atomic E-state index is 0.00349. The fraction of sp³-hybridized carbons (Fsp3) is 0.409.